The van der Waals surface area contributed by atoms with Gasteiger partial charge in [-0.3, -0.25) is 14.4 Å². The normalized spacial score (nSPS) is 12.7. The van der Waals surface area contributed by atoms with Gasteiger partial charge in [-0.15, -0.1) is 0 Å². The number of rotatable bonds is 57. The van der Waals surface area contributed by atoms with E-state index in [4.69, 9.17) is 14.2 Å². The molecule has 0 aromatic heterocycles. The minimum absolute atomic E-state index is 0.0872. The molecule has 0 heterocycles. The summed E-state index contributed by atoms with van der Waals surface area (Å²) in [6, 6.07) is 0. The van der Waals surface area contributed by atoms with Gasteiger partial charge in [0.1, 0.15) is 13.2 Å². The van der Waals surface area contributed by atoms with Crippen LogP contribution in [0.2, 0.25) is 0 Å². The number of ether oxygens (including phenoxy) is 3. The lowest BCUT2D eigenvalue weighted by Gasteiger charge is -2.18. The van der Waals surface area contributed by atoms with Crippen molar-refractivity contribution in [2.24, 2.45) is 0 Å². The molecule has 0 saturated heterocycles. The Balaban J connectivity index is 4.40. The van der Waals surface area contributed by atoms with E-state index in [0.717, 1.165) is 116 Å². The van der Waals surface area contributed by atoms with E-state index in [0.29, 0.717) is 19.3 Å². The fraction of sp³-hybridized carbons (Fsp3) is 0.725. The largest absolute Gasteiger partial charge is 0.462 e. The molecule has 0 N–H and O–H groups in total. The number of esters is 3. The van der Waals surface area contributed by atoms with Gasteiger partial charge in [0.25, 0.3) is 0 Å². The molecule has 0 fully saturated rings. The molecule has 0 radical (unpaired) electrons. The number of unbranched alkanes of at least 4 members (excludes halogenated alkanes) is 30. The highest BCUT2D eigenvalue weighted by Gasteiger charge is 2.19. The minimum Gasteiger partial charge on any atom is -0.462 e. The second kappa shape index (κ2) is 62.9. The van der Waals surface area contributed by atoms with Crippen LogP contribution in [0.25, 0.3) is 0 Å². The molecule has 0 aliphatic heterocycles. The van der Waals surface area contributed by atoms with Gasteiger partial charge >= 0.3 is 17.9 Å². The van der Waals surface area contributed by atoms with E-state index in [9.17, 15) is 14.4 Å². The first-order valence-electron chi connectivity index (χ1n) is 31.7. The SMILES string of the molecule is CC/C=C\C/C=C\C/C=C\C/C=C\CCCCCCCCCCCCC(=O)OCC(COC(=O)CCCCCCC/C=C\C/C=C\CCCCCC)OC(=O)CCCCCCCCC/C=C\C/C=C\CCCCCC. The van der Waals surface area contributed by atoms with Crippen molar-refractivity contribution < 1.29 is 28.6 Å². The molecule has 6 heteroatoms. The second-order valence-corrected chi connectivity index (χ2v) is 20.9. The summed E-state index contributed by atoms with van der Waals surface area (Å²) in [4.78, 5) is 38.3. The summed E-state index contributed by atoms with van der Waals surface area (Å²) in [5.74, 6) is -0.904. The van der Waals surface area contributed by atoms with Crippen LogP contribution in [0.4, 0.5) is 0 Å². The van der Waals surface area contributed by atoms with E-state index >= 15 is 0 Å². The minimum atomic E-state index is -0.792. The average molecular weight is 1040 g/mol. The highest BCUT2D eigenvalue weighted by atomic mass is 16.6. The van der Waals surface area contributed by atoms with Gasteiger partial charge in [-0.05, 0) is 122 Å². The average Bonchev–Trinajstić information content (AvgIpc) is 3.41. The molecule has 0 rings (SSSR count). The maximum atomic E-state index is 12.9. The molecular weight excluding hydrogens is 925 g/mol. The van der Waals surface area contributed by atoms with Gasteiger partial charge in [0.15, 0.2) is 6.10 Å². The number of hydrogen-bond acceptors (Lipinski definition) is 6. The van der Waals surface area contributed by atoms with E-state index in [1.165, 1.54) is 148 Å². The molecule has 0 aliphatic rings. The predicted molar refractivity (Wildman–Crippen MR) is 325 cm³/mol. The Labute approximate surface area is 464 Å². The van der Waals surface area contributed by atoms with Crippen molar-refractivity contribution in [3.8, 4) is 0 Å². The zero-order valence-electron chi connectivity index (χ0n) is 49.3. The highest BCUT2D eigenvalue weighted by Crippen LogP contribution is 2.15. The summed E-state index contributed by atoms with van der Waals surface area (Å²) < 4.78 is 16.9. The first-order valence-corrected chi connectivity index (χ1v) is 31.7. The molecule has 0 saturated carbocycles. The maximum Gasteiger partial charge on any atom is 0.306 e. The standard InChI is InChI=1S/C69H118O6/c1-4-7-10-13-16-19-22-25-28-31-33-34-35-36-37-39-41-44-47-50-53-56-59-62-68(71)74-65-66(64-73-67(70)61-58-55-52-49-46-43-40-30-27-24-21-18-15-12-9-6-3)75-69(72)63-60-57-54-51-48-45-42-38-32-29-26-23-20-17-14-11-8-5-2/h7,10,16,19-21,23-25,28-30,32-34,40,66H,4-6,8-9,11-15,17-18,22,26-27,31,35-39,41-65H2,1-3H3/b10-7-,19-16-,23-20-,24-21-,28-25-,32-29-,34-33-,40-30-. The summed E-state index contributed by atoms with van der Waals surface area (Å²) in [6.07, 6.45) is 84.0. The quantitative estimate of drug-likeness (QED) is 0.0261. The predicted octanol–water partition coefficient (Wildman–Crippen LogP) is 21.7. The second-order valence-electron chi connectivity index (χ2n) is 20.9. The molecule has 0 amide bonds. The maximum absolute atomic E-state index is 12.9. The summed E-state index contributed by atoms with van der Waals surface area (Å²) in [5, 5.41) is 0. The number of carbonyl (C=O) groups is 3. The topological polar surface area (TPSA) is 78.9 Å². The molecule has 0 aromatic rings. The Morgan fingerprint density at radius 2 is 0.520 bits per heavy atom. The van der Waals surface area contributed by atoms with Crippen LogP contribution in [0.3, 0.4) is 0 Å². The van der Waals surface area contributed by atoms with Crippen LogP contribution >= 0.6 is 0 Å². The van der Waals surface area contributed by atoms with E-state index in [2.05, 4.69) is 118 Å². The molecule has 0 aliphatic carbocycles. The lowest BCUT2D eigenvalue weighted by molar-refractivity contribution is -0.167. The molecule has 6 nitrogen and oxygen atoms in total. The molecule has 430 valence electrons. The lowest BCUT2D eigenvalue weighted by Crippen LogP contribution is -2.30. The van der Waals surface area contributed by atoms with E-state index < -0.39 is 6.10 Å². The summed E-state index contributed by atoms with van der Waals surface area (Å²) >= 11 is 0. The van der Waals surface area contributed by atoms with Crippen molar-refractivity contribution in [1.29, 1.82) is 0 Å². The van der Waals surface area contributed by atoms with Crippen molar-refractivity contribution in [1.82, 2.24) is 0 Å². The van der Waals surface area contributed by atoms with Crippen molar-refractivity contribution in [2.45, 2.75) is 309 Å². The third-order valence-corrected chi connectivity index (χ3v) is 13.5. The molecule has 0 aromatic carbocycles. The molecule has 0 bridgehead atoms. The number of carbonyl (C=O) groups excluding carboxylic acids is 3. The van der Waals surface area contributed by atoms with Crippen LogP contribution in [-0.4, -0.2) is 37.2 Å². The molecular formula is C69H118O6. The lowest BCUT2D eigenvalue weighted by atomic mass is 10.1. The Bertz CT molecular complexity index is 1480. The zero-order valence-corrected chi connectivity index (χ0v) is 49.3. The third-order valence-electron chi connectivity index (χ3n) is 13.5. The van der Waals surface area contributed by atoms with Gasteiger partial charge in [0.2, 0.25) is 0 Å². The monoisotopic (exact) mass is 1040 g/mol. The van der Waals surface area contributed by atoms with Crippen LogP contribution in [0.15, 0.2) is 97.2 Å². The van der Waals surface area contributed by atoms with Gasteiger partial charge in [-0.1, -0.05) is 259 Å². The van der Waals surface area contributed by atoms with E-state index in [-0.39, 0.29) is 31.1 Å². The molecule has 1 unspecified atom stereocenters. The summed E-state index contributed by atoms with van der Waals surface area (Å²) in [5.41, 5.74) is 0. The fourth-order valence-electron chi connectivity index (χ4n) is 8.79. The van der Waals surface area contributed by atoms with Gasteiger partial charge in [-0.25, -0.2) is 0 Å². The Morgan fingerprint density at radius 1 is 0.280 bits per heavy atom. The zero-order chi connectivity index (χ0) is 54.3. The molecule has 75 heavy (non-hydrogen) atoms. The van der Waals surface area contributed by atoms with E-state index in [1.807, 2.05) is 0 Å². The number of allylic oxidation sites excluding steroid dienone is 16. The van der Waals surface area contributed by atoms with Crippen LogP contribution in [-0.2, 0) is 28.6 Å². The van der Waals surface area contributed by atoms with E-state index in [1.54, 1.807) is 0 Å². The van der Waals surface area contributed by atoms with Crippen molar-refractivity contribution in [2.75, 3.05) is 13.2 Å². The van der Waals surface area contributed by atoms with Crippen LogP contribution < -0.4 is 0 Å². The number of hydrogen-bond donors (Lipinski definition) is 0. The smallest absolute Gasteiger partial charge is 0.306 e. The Hall–Kier alpha value is -3.67. The first kappa shape index (κ1) is 71.3. The molecule has 1 atom stereocenters. The van der Waals surface area contributed by atoms with Crippen LogP contribution in [0, 0.1) is 0 Å². The van der Waals surface area contributed by atoms with Crippen molar-refractivity contribution in [3.05, 3.63) is 97.2 Å². The van der Waals surface area contributed by atoms with Crippen molar-refractivity contribution >= 4 is 17.9 Å². The van der Waals surface area contributed by atoms with Gasteiger partial charge in [0.05, 0.1) is 0 Å². The third kappa shape index (κ3) is 61.1. The van der Waals surface area contributed by atoms with Crippen LogP contribution in [0.5, 0.6) is 0 Å². The van der Waals surface area contributed by atoms with Crippen LogP contribution in [0.1, 0.15) is 303 Å². The van der Waals surface area contributed by atoms with Gasteiger partial charge < -0.3 is 14.2 Å². The Morgan fingerprint density at radius 3 is 0.813 bits per heavy atom. The van der Waals surface area contributed by atoms with Gasteiger partial charge in [0, 0.05) is 19.3 Å². The summed E-state index contributed by atoms with van der Waals surface area (Å²) in [6.45, 7) is 6.50. The summed E-state index contributed by atoms with van der Waals surface area (Å²) in [7, 11) is 0. The first-order chi connectivity index (χ1) is 37.0. The van der Waals surface area contributed by atoms with Crippen molar-refractivity contribution in [3.63, 3.8) is 0 Å². The van der Waals surface area contributed by atoms with Gasteiger partial charge in [-0.2, -0.15) is 0 Å². The highest BCUT2D eigenvalue weighted by molar-refractivity contribution is 5.71. The Kier molecular flexibility index (Phi) is 59.8. The fourth-order valence-corrected chi connectivity index (χ4v) is 8.79. The molecule has 0 spiro atoms.